The number of nitrogens with one attached hydrogen (secondary N) is 2. The third-order valence-corrected chi connectivity index (χ3v) is 4.48. The SMILES string of the molecule is CC(=O)Nc1cccc2c1CCC(NCCc1ccccc1)C2.Cl. The summed E-state index contributed by atoms with van der Waals surface area (Å²) >= 11 is 0. The van der Waals surface area contributed by atoms with Gasteiger partial charge in [-0.15, -0.1) is 12.4 Å². The summed E-state index contributed by atoms with van der Waals surface area (Å²) in [7, 11) is 0. The molecule has 0 radical (unpaired) electrons. The molecule has 0 aliphatic heterocycles. The summed E-state index contributed by atoms with van der Waals surface area (Å²) in [5.74, 6) is 0.00140. The number of anilines is 1. The summed E-state index contributed by atoms with van der Waals surface area (Å²) in [5.41, 5.74) is 5.03. The Kier molecular flexibility index (Phi) is 6.83. The maximum Gasteiger partial charge on any atom is 0.221 e. The van der Waals surface area contributed by atoms with Crippen molar-refractivity contribution in [3.63, 3.8) is 0 Å². The summed E-state index contributed by atoms with van der Waals surface area (Å²) in [5, 5.41) is 6.64. The van der Waals surface area contributed by atoms with E-state index in [9.17, 15) is 4.79 Å². The molecule has 2 N–H and O–H groups in total. The zero-order chi connectivity index (χ0) is 16.1. The minimum Gasteiger partial charge on any atom is -0.326 e. The van der Waals surface area contributed by atoms with Crippen LogP contribution < -0.4 is 10.6 Å². The van der Waals surface area contributed by atoms with E-state index in [1.165, 1.54) is 16.7 Å². The molecule has 1 atom stereocenters. The highest BCUT2D eigenvalue weighted by Gasteiger charge is 2.20. The zero-order valence-electron chi connectivity index (χ0n) is 14.0. The number of halogens is 1. The number of amides is 1. The van der Waals surface area contributed by atoms with Crippen LogP contribution in [0.4, 0.5) is 5.69 Å². The van der Waals surface area contributed by atoms with Crippen molar-refractivity contribution in [3.8, 4) is 0 Å². The Bertz CT molecular complexity index is 673. The van der Waals surface area contributed by atoms with E-state index < -0.39 is 0 Å². The molecule has 0 fully saturated rings. The van der Waals surface area contributed by atoms with Gasteiger partial charge in [0.15, 0.2) is 0 Å². The topological polar surface area (TPSA) is 41.1 Å². The van der Waals surface area contributed by atoms with E-state index in [4.69, 9.17) is 0 Å². The van der Waals surface area contributed by atoms with Crippen molar-refractivity contribution in [1.82, 2.24) is 5.32 Å². The van der Waals surface area contributed by atoms with Crippen LogP contribution in [0.2, 0.25) is 0 Å². The molecular formula is C20H25ClN2O. The van der Waals surface area contributed by atoms with Gasteiger partial charge >= 0.3 is 0 Å². The van der Waals surface area contributed by atoms with E-state index in [0.29, 0.717) is 6.04 Å². The fourth-order valence-electron chi connectivity index (χ4n) is 3.35. The van der Waals surface area contributed by atoms with Gasteiger partial charge in [0.25, 0.3) is 0 Å². The number of benzene rings is 2. The minimum atomic E-state index is 0. The van der Waals surface area contributed by atoms with Crippen molar-refractivity contribution in [2.75, 3.05) is 11.9 Å². The molecule has 2 aromatic rings. The number of carbonyl (C=O) groups is 1. The third kappa shape index (κ3) is 4.83. The van der Waals surface area contributed by atoms with Crippen LogP contribution in [0, 0.1) is 0 Å². The quantitative estimate of drug-likeness (QED) is 0.867. The molecule has 0 bridgehead atoms. The fraction of sp³-hybridized carbons (Fsp3) is 0.350. The number of hydrogen-bond acceptors (Lipinski definition) is 2. The molecular weight excluding hydrogens is 320 g/mol. The number of rotatable bonds is 5. The lowest BCUT2D eigenvalue weighted by Gasteiger charge is -2.27. The van der Waals surface area contributed by atoms with Crippen molar-refractivity contribution in [3.05, 3.63) is 65.2 Å². The van der Waals surface area contributed by atoms with Gasteiger partial charge in [-0.25, -0.2) is 0 Å². The van der Waals surface area contributed by atoms with E-state index in [0.717, 1.165) is 37.9 Å². The van der Waals surface area contributed by atoms with Crippen LogP contribution in [-0.4, -0.2) is 18.5 Å². The van der Waals surface area contributed by atoms with Gasteiger partial charge < -0.3 is 10.6 Å². The lowest BCUT2D eigenvalue weighted by Crippen LogP contribution is -2.36. The average molecular weight is 345 g/mol. The molecule has 3 rings (SSSR count). The second-order valence-electron chi connectivity index (χ2n) is 6.25. The standard InChI is InChI=1S/C20H24N2O.ClH/c1-15(23)22-20-9-5-8-17-14-18(10-11-19(17)20)21-13-12-16-6-3-2-4-7-16;/h2-9,18,21H,10-14H2,1H3,(H,22,23);1H. The summed E-state index contributed by atoms with van der Waals surface area (Å²) in [6.45, 7) is 2.57. The van der Waals surface area contributed by atoms with Gasteiger partial charge in [-0.2, -0.15) is 0 Å². The molecule has 0 heterocycles. The van der Waals surface area contributed by atoms with E-state index in [1.807, 2.05) is 12.1 Å². The Hall–Kier alpha value is -1.84. The minimum absolute atomic E-state index is 0. The van der Waals surface area contributed by atoms with Crippen LogP contribution in [-0.2, 0) is 24.1 Å². The lowest BCUT2D eigenvalue weighted by atomic mass is 9.87. The first-order chi connectivity index (χ1) is 11.2. The van der Waals surface area contributed by atoms with Crippen LogP contribution in [0.5, 0.6) is 0 Å². The van der Waals surface area contributed by atoms with E-state index >= 15 is 0 Å². The largest absolute Gasteiger partial charge is 0.326 e. The predicted molar refractivity (Wildman–Crippen MR) is 102 cm³/mol. The molecule has 24 heavy (non-hydrogen) atoms. The first-order valence-corrected chi connectivity index (χ1v) is 8.38. The molecule has 1 unspecified atom stereocenters. The Balaban J connectivity index is 0.00000208. The zero-order valence-corrected chi connectivity index (χ0v) is 14.9. The molecule has 0 spiro atoms. The third-order valence-electron chi connectivity index (χ3n) is 4.48. The normalized spacial score (nSPS) is 16.0. The van der Waals surface area contributed by atoms with E-state index in [1.54, 1.807) is 6.92 Å². The molecule has 3 nitrogen and oxygen atoms in total. The molecule has 2 aromatic carbocycles. The first-order valence-electron chi connectivity index (χ1n) is 8.38. The summed E-state index contributed by atoms with van der Waals surface area (Å²) < 4.78 is 0. The molecule has 1 aliphatic carbocycles. The first kappa shape index (κ1) is 18.5. The van der Waals surface area contributed by atoms with Crippen molar-refractivity contribution in [2.24, 2.45) is 0 Å². The second kappa shape index (κ2) is 8.86. The summed E-state index contributed by atoms with van der Waals surface area (Å²) in [6.07, 6.45) is 4.25. The highest BCUT2D eigenvalue weighted by Crippen LogP contribution is 2.28. The monoisotopic (exact) mass is 344 g/mol. The highest BCUT2D eigenvalue weighted by atomic mass is 35.5. The van der Waals surface area contributed by atoms with Gasteiger partial charge in [0.1, 0.15) is 0 Å². The Morgan fingerprint density at radius 2 is 1.92 bits per heavy atom. The van der Waals surface area contributed by atoms with Crippen LogP contribution in [0.15, 0.2) is 48.5 Å². The van der Waals surface area contributed by atoms with Gasteiger partial charge in [-0.1, -0.05) is 42.5 Å². The molecule has 1 amide bonds. The number of fused-ring (bicyclic) bond motifs is 1. The smallest absolute Gasteiger partial charge is 0.221 e. The number of hydrogen-bond donors (Lipinski definition) is 2. The fourth-order valence-corrected chi connectivity index (χ4v) is 3.35. The van der Waals surface area contributed by atoms with Crippen LogP contribution in [0.3, 0.4) is 0 Å². The number of carbonyl (C=O) groups excluding carboxylic acids is 1. The maximum absolute atomic E-state index is 11.3. The van der Waals surface area contributed by atoms with Crippen molar-refractivity contribution in [2.45, 2.75) is 38.6 Å². The summed E-state index contributed by atoms with van der Waals surface area (Å²) in [6, 6.07) is 17.4. The van der Waals surface area contributed by atoms with Gasteiger partial charge in [-0.05, 0) is 55.0 Å². The van der Waals surface area contributed by atoms with Crippen LogP contribution >= 0.6 is 12.4 Å². The Labute approximate surface area is 150 Å². The Morgan fingerprint density at radius 3 is 2.67 bits per heavy atom. The van der Waals surface area contributed by atoms with Gasteiger partial charge in [0.05, 0.1) is 0 Å². The van der Waals surface area contributed by atoms with Crippen molar-refractivity contribution in [1.29, 1.82) is 0 Å². The molecule has 128 valence electrons. The highest BCUT2D eigenvalue weighted by molar-refractivity contribution is 5.89. The molecule has 0 saturated carbocycles. The maximum atomic E-state index is 11.3. The van der Waals surface area contributed by atoms with Gasteiger partial charge in [0, 0.05) is 18.7 Å². The average Bonchev–Trinajstić information content (AvgIpc) is 2.55. The van der Waals surface area contributed by atoms with E-state index in [2.05, 4.69) is 47.0 Å². The van der Waals surface area contributed by atoms with Crippen LogP contribution in [0.1, 0.15) is 30.0 Å². The van der Waals surface area contributed by atoms with Crippen LogP contribution in [0.25, 0.3) is 0 Å². The lowest BCUT2D eigenvalue weighted by molar-refractivity contribution is -0.114. The molecule has 0 saturated heterocycles. The summed E-state index contributed by atoms with van der Waals surface area (Å²) in [4.78, 5) is 11.3. The molecule has 4 heteroatoms. The molecule has 1 aliphatic rings. The Morgan fingerprint density at radius 1 is 1.12 bits per heavy atom. The van der Waals surface area contributed by atoms with Gasteiger partial charge in [-0.3, -0.25) is 4.79 Å². The van der Waals surface area contributed by atoms with Gasteiger partial charge in [0.2, 0.25) is 5.91 Å². The van der Waals surface area contributed by atoms with Crippen molar-refractivity contribution < 1.29 is 4.79 Å². The second-order valence-corrected chi connectivity index (χ2v) is 6.25. The molecule has 0 aromatic heterocycles. The van der Waals surface area contributed by atoms with Crippen molar-refractivity contribution >= 4 is 24.0 Å². The predicted octanol–water partition coefficient (Wildman–Crippen LogP) is 3.76. The van der Waals surface area contributed by atoms with E-state index in [-0.39, 0.29) is 18.3 Å².